The van der Waals surface area contributed by atoms with Gasteiger partial charge in [0.05, 0.1) is 11.7 Å². The number of anilines is 1. The third-order valence-electron chi connectivity index (χ3n) is 5.18. The van der Waals surface area contributed by atoms with Gasteiger partial charge in [0.15, 0.2) is 23.2 Å². The molecule has 0 radical (unpaired) electrons. The third-order valence-corrected chi connectivity index (χ3v) is 5.18. The van der Waals surface area contributed by atoms with E-state index in [-0.39, 0.29) is 11.7 Å². The van der Waals surface area contributed by atoms with Crippen molar-refractivity contribution in [1.82, 2.24) is 4.90 Å². The van der Waals surface area contributed by atoms with Gasteiger partial charge in [-0.2, -0.15) is 0 Å². The van der Waals surface area contributed by atoms with E-state index in [2.05, 4.69) is 5.32 Å². The van der Waals surface area contributed by atoms with Gasteiger partial charge in [-0.25, -0.2) is 13.2 Å². The van der Waals surface area contributed by atoms with Crippen molar-refractivity contribution >= 4 is 17.4 Å². The van der Waals surface area contributed by atoms with Crippen molar-refractivity contribution in [3.63, 3.8) is 0 Å². The number of halogens is 3. The van der Waals surface area contributed by atoms with Gasteiger partial charge in [0.2, 0.25) is 5.91 Å². The maximum absolute atomic E-state index is 13.7. The summed E-state index contributed by atoms with van der Waals surface area (Å²) in [5.74, 6) is -4.87. The average Bonchev–Trinajstić information content (AvgIpc) is 2.73. The Balaban J connectivity index is 1.57. The van der Waals surface area contributed by atoms with Gasteiger partial charge < -0.3 is 5.32 Å². The lowest BCUT2D eigenvalue weighted by molar-refractivity contribution is -0.121. The van der Waals surface area contributed by atoms with Crippen molar-refractivity contribution in [3.05, 3.63) is 65.5 Å². The van der Waals surface area contributed by atoms with Crippen LogP contribution < -0.4 is 5.32 Å². The van der Waals surface area contributed by atoms with Crippen LogP contribution in [0.2, 0.25) is 0 Å². The zero-order valence-electron chi connectivity index (χ0n) is 15.4. The van der Waals surface area contributed by atoms with Gasteiger partial charge in [-0.1, -0.05) is 30.3 Å². The predicted molar refractivity (Wildman–Crippen MR) is 99.5 cm³/mol. The topological polar surface area (TPSA) is 49.4 Å². The molecule has 28 heavy (non-hydrogen) atoms. The van der Waals surface area contributed by atoms with E-state index in [1.807, 2.05) is 23.1 Å². The van der Waals surface area contributed by atoms with Gasteiger partial charge in [0.1, 0.15) is 0 Å². The molecule has 0 saturated carbocycles. The van der Waals surface area contributed by atoms with Crippen LogP contribution in [0.3, 0.4) is 0 Å². The molecular weight excluding hydrogens is 369 g/mol. The molecule has 1 aliphatic rings. The first kappa shape index (κ1) is 20.1. The Labute approximate surface area is 161 Å². The fourth-order valence-corrected chi connectivity index (χ4v) is 3.41. The Kier molecular flexibility index (Phi) is 6.14. The number of amides is 1. The number of carbonyl (C=O) groups excluding carboxylic acids is 2. The van der Waals surface area contributed by atoms with Crippen LogP contribution in [-0.4, -0.2) is 35.7 Å². The number of benzene rings is 2. The van der Waals surface area contributed by atoms with Gasteiger partial charge >= 0.3 is 0 Å². The Morgan fingerprint density at radius 3 is 2.29 bits per heavy atom. The fourth-order valence-electron chi connectivity index (χ4n) is 3.41. The molecule has 0 spiro atoms. The second-order valence-electron chi connectivity index (χ2n) is 6.93. The monoisotopic (exact) mass is 390 g/mol. The molecule has 0 bridgehead atoms. The van der Waals surface area contributed by atoms with Crippen LogP contribution in [0.4, 0.5) is 18.9 Å². The maximum atomic E-state index is 13.7. The van der Waals surface area contributed by atoms with Crippen LogP contribution in [0.15, 0.2) is 42.5 Å². The highest BCUT2D eigenvalue weighted by molar-refractivity contribution is 5.98. The molecule has 7 heteroatoms. The largest absolute Gasteiger partial charge is 0.322 e. The summed E-state index contributed by atoms with van der Waals surface area (Å²) >= 11 is 0. The molecule has 1 heterocycles. The van der Waals surface area contributed by atoms with Gasteiger partial charge in [-0.3, -0.25) is 14.5 Å². The highest BCUT2D eigenvalue weighted by Crippen LogP contribution is 2.24. The van der Waals surface area contributed by atoms with Gasteiger partial charge in [-0.05, 0) is 45.0 Å². The summed E-state index contributed by atoms with van der Waals surface area (Å²) in [7, 11) is 0. The van der Waals surface area contributed by atoms with E-state index in [9.17, 15) is 22.8 Å². The summed E-state index contributed by atoms with van der Waals surface area (Å²) in [6.07, 6.45) is 1.23. The molecule has 4 nitrogen and oxygen atoms in total. The summed E-state index contributed by atoms with van der Waals surface area (Å²) in [6, 6.07) is 10.2. The Morgan fingerprint density at radius 1 is 1.00 bits per heavy atom. The van der Waals surface area contributed by atoms with Gasteiger partial charge in [0, 0.05) is 11.5 Å². The minimum Gasteiger partial charge on any atom is -0.322 e. The molecule has 0 aliphatic carbocycles. The molecule has 2 aromatic rings. The van der Waals surface area contributed by atoms with E-state index in [0.29, 0.717) is 31.5 Å². The molecular formula is C21H21F3N2O2. The minimum absolute atomic E-state index is 0.0983. The number of nitrogens with zero attached hydrogens (tertiary/aromatic N) is 1. The van der Waals surface area contributed by atoms with Crippen molar-refractivity contribution in [2.45, 2.75) is 25.8 Å². The molecule has 1 saturated heterocycles. The van der Waals surface area contributed by atoms with Crippen LogP contribution in [0.25, 0.3) is 0 Å². The van der Waals surface area contributed by atoms with E-state index >= 15 is 0 Å². The van der Waals surface area contributed by atoms with Crippen molar-refractivity contribution in [2.24, 2.45) is 5.92 Å². The number of Topliss-reactive ketones (excluding diaryl/α,β-unsaturated/α-hetero) is 1. The zero-order chi connectivity index (χ0) is 20.3. The molecule has 1 fully saturated rings. The number of hydrogen-bond acceptors (Lipinski definition) is 3. The maximum Gasteiger partial charge on any atom is 0.241 e. The van der Waals surface area contributed by atoms with Crippen LogP contribution in [-0.2, 0) is 4.79 Å². The highest BCUT2D eigenvalue weighted by atomic mass is 19.2. The number of piperidine rings is 1. The second-order valence-corrected chi connectivity index (χ2v) is 6.93. The van der Waals surface area contributed by atoms with E-state index in [0.717, 1.165) is 12.1 Å². The summed E-state index contributed by atoms with van der Waals surface area (Å²) in [5, 5.41) is 2.31. The number of hydrogen-bond donors (Lipinski definition) is 1. The molecule has 1 aliphatic heterocycles. The Morgan fingerprint density at radius 2 is 1.64 bits per heavy atom. The highest BCUT2D eigenvalue weighted by Gasteiger charge is 2.30. The molecule has 1 N–H and O–H groups in total. The van der Waals surface area contributed by atoms with Gasteiger partial charge in [-0.15, -0.1) is 0 Å². The first-order valence-corrected chi connectivity index (χ1v) is 9.16. The lowest BCUT2D eigenvalue weighted by Crippen LogP contribution is -2.47. The number of likely N-dealkylation sites (tertiary alicyclic amines) is 1. The predicted octanol–water partition coefficient (Wildman–Crippen LogP) is 4.03. The summed E-state index contributed by atoms with van der Waals surface area (Å²) in [4.78, 5) is 26.8. The third kappa shape index (κ3) is 4.25. The summed E-state index contributed by atoms with van der Waals surface area (Å²) in [6.45, 7) is 2.74. The number of nitrogens with one attached hydrogen (secondary N) is 1. The quantitative estimate of drug-likeness (QED) is 0.620. The Bertz CT molecular complexity index is 865. The summed E-state index contributed by atoms with van der Waals surface area (Å²) in [5.41, 5.74) is 0.283. The minimum atomic E-state index is -1.62. The van der Waals surface area contributed by atoms with Crippen molar-refractivity contribution in [3.8, 4) is 0 Å². The van der Waals surface area contributed by atoms with E-state index in [4.69, 9.17) is 0 Å². The van der Waals surface area contributed by atoms with Crippen LogP contribution in [0.1, 0.15) is 30.1 Å². The molecule has 3 rings (SSSR count). The molecule has 1 atom stereocenters. The summed E-state index contributed by atoms with van der Waals surface area (Å²) < 4.78 is 40.1. The number of rotatable bonds is 5. The standard InChI is InChI=1S/C21H21F3N2O2/c1-13(21(28)25-17-8-7-16(22)18(23)19(17)24)26-11-9-15(10-12-26)20(27)14-5-3-2-4-6-14/h2-8,13,15H,9-12H2,1H3,(H,25,28). The first-order valence-electron chi connectivity index (χ1n) is 9.16. The zero-order valence-corrected chi connectivity index (χ0v) is 15.4. The van der Waals surface area contributed by atoms with Crippen LogP contribution in [0.5, 0.6) is 0 Å². The second kappa shape index (κ2) is 8.56. The number of ketones is 1. The smallest absolute Gasteiger partial charge is 0.241 e. The van der Waals surface area contributed by atoms with Gasteiger partial charge in [0.25, 0.3) is 0 Å². The normalized spacial score (nSPS) is 16.6. The van der Waals surface area contributed by atoms with E-state index in [1.165, 1.54) is 0 Å². The first-order chi connectivity index (χ1) is 13.4. The van der Waals surface area contributed by atoms with Crippen molar-refractivity contribution in [1.29, 1.82) is 0 Å². The SMILES string of the molecule is CC(C(=O)Nc1ccc(F)c(F)c1F)N1CCC(C(=O)c2ccccc2)CC1. The van der Waals surface area contributed by atoms with E-state index in [1.54, 1.807) is 19.1 Å². The average molecular weight is 390 g/mol. The van der Waals surface area contributed by atoms with Crippen molar-refractivity contribution in [2.75, 3.05) is 18.4 Å². The lowest BCUT2D eigenvalue weighted by atomic mass is 9.88. The van der Waals surface area contributed by atoms with Crippen LogP contribution in [0, 0.1) is 23.4 Å². The van der Waals surface area contributed by atoms with Crippen LogP contribution >= 0.6 is 0 Å². The molecule has 0 aromatic heterocycles. The lowest BCUT2D eigenvalue weighted by Gasteiger charge is -2.34. The fraction of sp³-hybridized carbons (Fsp3) is 0.333. The Hall–Kier alpha value is -2.67. The molecule has 148 valence electrons. The van der Waals surface area contributed by atoms with E-state index < -0.39 is 35.1 Å². The van der Waals surface area contributed by atoms with Crippen molar-refractivity contribution < 1.29 is 22.8 Å². The molecule has 1 unspecified atom stereocenters. The number of carbonyl (C=O) groups is 2. The molecule has 2 aromatic carbocycles. The molecule has 1 amide bonds.